The predicted octanol–water partition coefficient (Wildman–Crippen LogP) is 1.37. The molecular formula is C15H17N3O4S. The van der Waals surface area contributed by atoms with Crippen LogP contribution in [0.3, 0.4) is 0 Å². The summed E-state index contributed by atoms with van der Waals surface area (Å²) < 4.78 is 6.30. The second kappa shape index (κ2) is 6.74. The van der Waals surface area contributed by atoms with Gasteiger partial charge in [-0.25, -0.2) is 4.79 Å². The molecule has 23 heavy (non-hydrogen) atoms. The van der Waals surface area contributed by atoms with Crippen LogP contribution in [0, 0.1) is 4.77 Å². The van der Waals surface area contributed by atoms with E-state index in [0.29, 0.717) is 27.8 Å². The van der Waals surface area contributed by atoms with E-state index in [4.69, 9.17) is 12.2 Å². The van der Waals surface area contributed by atoms with Crippen molar-refractivity contribution in [1.82, 2.24) is 14.9 Å². The molecule has 1 atom stereocenters. The van der Waals surface area contributed by atoms with Crippen LogP contribution in [-0.4, -0.2) is 34.6 Å². The van der Waals surface area contributed by atoms with Gasteiger partial charge in [-0.2, -0.15) is 0 Å². The Morgan fingerprint density at radius 3 is 2.74 bits per heavy atom. The smallest absolute Gasteiger partial charge is 0.328 e. The van der Waals surface area contributed by atoms with Crippen LogP contribution in [0.5, 0.6) is 0 Å². The molecule has 0 radical (unpaired) electrons. The van der Waals surface area contributed by atoms with Crippen molar-refractivity contribution in [1.29, 1.82) is 0 Å². The molecule has 1 aromatic heterocycles. The molecule has 8 heteroatoms. The van der Waals surface area contributed by atoms with Gasteiger partial charge in [-0.3, -0.25) is 14.2 Å². The molecule has 1 aromatic carbocycles. The third-order valence-electron chi connectivity index (χ3n) is 3.46. The van der Waals surface area contributed by atoms with E-state index in [2.05, 4.69) is 15.0 Å². The van der Waals surface area contributed by atoms with Crippen molar-refractivity contribution in [2.24, 2.45) is 0 Å². The molecule has 0 aliphatic heterocycles. The lowest BCUT2D eigenvalue weighted by molar-refractivity contribution is -0.142. The van der Waals surface area contributed by atoms with Gasteiger partial charge in [0.1, 0.15) is 6.04 Å². The molecule has 2 N–H and O–H groups in total. The molecule has 0 aliphatic carbocycles. The Labute approximate surface area is 137 Å². The zero-order chi connectivity index (χ0) is 17.1. The van der Waals surface area contributed by atoms with E-state index in [-0.39, 0.29) is 5.56 Å². The molecule has 0 saturated carbocycles. The first-order chi connectivity index (χ1) is 10.9. The number of hydrogen-bond acceptors (Lipinski definition) is 5. The van der Waals surface area contributed by atoms with Crippen molar-refractivity contribution in [3.05, 3.63) is 38.9 Å². The molecule has 0 bridgehead atoms. The van der Waals surface area contributed by atoms with E-state index in [1.165, 1.54) is 30.7 Å². The molecular weight excluding hydrogens is 318 g/mol. The van der Waals surface area contributed by atoms with Crippen LogP contribution in [0.1, 0.15) is 24.2 Å². The van der Waals surface area contributed by atoms with E-state index in [1.807, 2.05) is 6.92 Å². The van der Waals surface area contributed by atoms with Gasteiger partial charge in [0.2, 0.25) is 0 Å². The number of esters is 1. The fourth-order valence-corrected chi connectivity index (χ4v) is 2.52. The van der Waals surface area contributed by atoms with Crippen LogP contribution in [0.4, 0.5) is 0 Å². The Kier molecular flexibility index (Phi) is 4.95. The summed E-state index contributed by atoms with van der Waals surface area (Å²) in [5, 5.41) is 2.97. The second-order valence-electron chi connectivity index (χ2n) is 4.96. The molecule has 0 aliphatic rings. The first-order valence-corrected chi connectivity index (χ1v) is 7.45. The van der Waals surface area contributed by atoms with Gasteiger partial charge in [0.15, 0.2) is 4.77 Å². The zero-order valence-electron chi connectivity index (χ0n) is 13.0. The molecule has 122 valence electrons. The highest BCUT2D eigenvalue weighted by Crippen LogP contribution is 2.11. The monoisotopic (exact) mass is 335 g/mol. The van der Waals surface area contributed by atoms with Crippen LogP contribution in [-0.2, 0) is 16.1 Å². The maximum Gasteiger partial charge on any atom is 0.328 e. The summed E-state index contributed by atoms with van der Waals surface area (Å²) in [4.78, 5) is 38.7. The summed E-state index contributed by atoms with van der Waals surface area (Å²) in [5.41, 5.74) is 0.580. The lowest BCUT2D eigenvalue weighted by atomic mass is 10.1. The number of nitrogens with one attached hydrogen (secondary N) is 2. The lowest BCUT2D eigenvalue weighted by Gasteiger charge is -2.12. The molecule has 2 rings (SSSR count). The number of fused-ring (bicyclic) bond motifs is 1. The standard InChI is InChI=1S/C15H17N3O4S/c1-4-18-13(20)10-6-5-9(7-11(10)17-15(18)23)12(19)16-8(2)14(21)22-3/h5-8H,4H2,1-3H3,(H,16,19)(H,17,23)/t8-/m0/s1. The quantitative estimate of drug-likeness (QED) is 0.650. The Bertz CT molecular complexity index is 884. The number of aromatic nitrogens is 2. The van der Waals surface area contributed by atoms with Gasteiger partial charge in [-0.1, -0.05) is 0 Å². The minimum absolute atomic E-state index is 0.207. The van der Waals surface area contributed by atoms with Crippen molar-refractivity contribution >= 4 is 35.0 Å². The average Bonchev–Trinajstić information content (AvgIpc) is 2.53. The molecule has 0 fully saturated rings. The van der Waals surface area contributed by atoms with Gasteiger partial charge in [0.05, 0.1) is 18.0 Å². The largest absolute Gasteiger partial charge is 0.467 e. The Morgan fingerprint density at radius 1 is 1.43 bits per heavy atom. The van der Waals surface area contributed by atoms with Crippen LogP contribution < -0.4 is 10.9 Å². The first kappa shape index (κ1) is 16.9. The fourth-order valence-electron chi connectivity index (χ4n) is 2.20. The summed E-state index contributed by atoms with van der Waals surface area (Å²) in [6.45, 7) is 3.81. The number of rotatable bonds is 4. The number of benzene rings is 1. The Morgan fingerprint density at radius 2 is 2.13 bits per heavy atom. The molecule has 0 unspecified atom stereocenters. The molecule has 7 nitrogen and oxygen atoms in total. The van der Waals surface area contributed by atoms with Crippen LogP contribution in [0.2, 0.25) is 0 Å². The number of ether oxygens (including phenoxy) is 1. The summed E-state index contributed by atoms with van der Waals surface area (Å²) in [5.74, 6) is -0.979. The number of nitrogens with zero attached hydrogens (tertiary/aromatic N) is 1. The normalized spacial score (nSPS) is 12.0. The Balaban J connectivity index is 2.41. The lowest BCUT2D eigenvalue weighted by Crippen LogP contribution is -2.39. The molecule has 1 heterocycles. The van der Waals surface area contributed by atoms with E-state index in [0.717, 1.165) is 0 Å². The van der Waals surface area contributed by atoms with Crippen molar-refractivity contribution in [3.8, 4) is 0 Å². The highest BCUT2D eigenvalue weighted by Gasteiger charge is 2.17. The van der Waals surface area contributed by atoms with Crippen molar-refractivity contribution < 1.29 is 14.3 Å². The van der Waals surface area contributed by atoms with E-state index < -0.39 is 17.9 Å². The van der Waals surface area contributed by atoms with Gasteiger partial charge in [-0.05, 0) is 44.3 Å². The predicted molar refractivity (Wildman–Crippen MR) is 88.0 cm³/mol. The maximum absolute atomic E-state index is 12.3. The van der Waals surface area contributed by atoms with Gasteiger partial charge < -0.3 is 15.0 Å². The molecule has 0 spiro atoms. The minimum atomic E-state index is -0.769. The third kappa shape index (κ3) is 3.31. The van der Waals surface area contributed by atoms with Gasteiger partial charge in [0.25, 0.3) is 11.5 Å². The highest BCUT2D eigenvalue weighted by molar-refractivity contribution is 7.71. The van der Waals surface area contributed by atoms with E-state index in [1.54, 1.807) is 6.07 Å². The third-order valence-corrected chi connectivity index (χ3v) is 3.79. The number of methoxy groups -OCH3 is 1. The number of carbonyl (C=O) groups is 2. The minimum Gasteiger partial charge on any atom is -0.467 e. The summed E-state index contributed by atoms with van der Waals surface area (Å²) in [6.07, 6.45) is 0. The Hall–Kier alpha value is -2.48. The number of aromatic amines is 1. The molecule has 1 amide bonds. The summed E-state index contributed by atoms with van der Waals surface area (Å²) >= 11 is 5.14. The van der Waals surface area contributed by atoms with E-state index in [9.17, 15) is 14.4 Å². The first-order valence-electron chi connectivity index (χ1n) is 7.04. The van der Waals surface area contributed by atoms with Crippen molar-refractivity contribution in [2.45, 2.75) is 26.4 Å². The van der Waals surface area contributed by atoms with Crippen molar-refractivity contribution in [2.75, 3.05) is 7.11 Å². The van der Waals surface area contributed by atoms with Crippen LogP contribution >= 0.6 is 12.2 Å². The summed E-state index contributed by atoms with van der Waals surface area (Å²) in [6, 6.07) is 3.85. The van der Waals surface area contributed by atoms with E-state index >= 15 is 0 Å². The molecule has 2 aromatic rings. The average molecular weight is 335 g/mol. The van der Waals surface area contributed by atoms with Gasteiger partial charge >= 0.3 is 5.97 Å². The van der Waals surface area contributed by atoms with Crippen LogP contribution in [0.15, 0.2) is 23.0 Å². The number of hydrogen-bond donors (Lipinski definition) is 2. The second-order valence-corrected chi connectivity index (χ2v) is 5.34. The SMILES string of the molecule is CCn1c(=S)[nH]c2cc(C(=O)N[C@@H](C)C(=O)OC)ccc2c1=O. The van der Waals surface area contributed by atoms with Gasteiger partial charge in [0, 0.05) is 12.1 Å². The fraction of sp³-hybridized carbons (Fsp3) is 0.333. The number of amides is 1. The number of carbonyl (C=O) groups excluding carboxylic acids is 2. The topological polar surface area (TPSA) is 93.2 Å². The highest BCUT2D eigenvalue weighted by atomic mass is 32.1. The van der Waals surface area contributed by atoms with Crippen molar-refractivity contribution in [3.63, 3.8) is 0 Å². The van der Waals surface area contributed by atoms with Gasteiger partial charge in [-0.15, -0.1) is 0 Å². The van der Waals surface area contributed by atoms with Crippen LogP contribution in [0.25, 0.3) is 10.9 Å². The summed E-state index contributed by atoms with van der Waals surface area (Å²) in [7, 11) is 1.25. The molecule has 0 saturated heterocycles. The maximum atomic E-state index is 12.3. The number of H-pyrrole nitrogens is 1. The zero-order valence-corrected chi connectivity index (χ0v) is 13.8.